The van der Waals surface area contributed by atoms with Crippen LogP contribution in [0.3, 0.4) is 0 Å². The van der Waals surface area contributed by atoms with Crippen molar-refractivity contribution in [3.05, 3.63) is 76.4 Å². The fraction of sp³-hybridized carbons (Fsp3) is 0.438. The molecular formula is C32H35N3O4S. The zero-order valence-electron chi connectivity index (χ0n) is 23.0. The van der Waals surface area contributed by atoms with Crippen molar-refractivity contribution in [3.63, 3.8) is 0 Å². The van der Waals surface area contributed by atoms with Gasteiger partial charge in [0.25, 0.3) is 5.91 Å². The Balaban J connectivity index is 1.12. The Labute approximate surface area is 238 Å². The number of benzene rings is 2. The number of β-amino-alcohol motifs (C(OH)–C–C–N with tert-alkyl or cyclic N) is 1. The van der Waals surface area contributed by atoms with E-state index in [0.29, 0.717) is 24.4 Å². The molecule has 2 aromatic carbocycles. The first-order valence-electron chi connectivity index (χ1n) is 14.2. The highest BCUT2D eigenvalue weighted by molar-refractivity contribution is 7.13. The molecule has 8 heteroatoms. The van der Waals surface area contributed by atoms with Crippen LogP contribution >= 0.6 is 11.3 Å². The minimum absolute atomic E-state index is 0.0500. The lowest BCUT2D eigenvalue weighted by Crippen LogP contribution is -2.54. The second-order valence-corrected chi connectivity index (χ2v) is 12.5. The van der Waals surface area contributed by atoms with Crippen LogP contribution in [0, 0.1) is 5.92 Å². The van der Waals surface area contributed by atoms with Crippen molar-refractivity contribution in [2.24, 2.45) is 5.92 Å². The molecule has 0 radical (unpaired) electrons. The van der Waals surface area contributed by atoms with Crippen molar-refractivity contribution in [1.82, 2.24) is 14.8 Å². The molecule has 1 N–H and O–H groups in total. The van der Waals surface area contributed by atoms with Gasteiger partial charge in [-0.2, -0.15) is 0 Å². The minimum Gasteiger partial charge on any atom is -0.391 e. The normalized spacial score (nSPS) is 21.2. The van der Waals surface area contributed by atoms with Crippen LogP contribution in [0.1, 0.15) is 72.6 Å². The van der Waals surface area contributed by atoms with Gasteiger partial charge in [-0.05, 0) is 47.9 Å². The molecule has 0 unspecified atom stereocenters. The number of aliphatic hydroxyl groups is 1. The Morgan fingerprint density at radius 3 is 2.55 bits per heavy atom. The molecule has 7 nitrogen and oxygen atoms in total. The second-order valence-electron chi connectivity index (χ2n) is 11.7. The standard InChI is InChI=1S/C32H35N3O4S/c1-19(2)29(35-16-23-5-3-4-6-25(23)31(35)38)32(39)34-17-24(36)15-26(34)27(37)14-9-20-7-10-22(11-8-20)30-28(21-12-13-21)33-18-40-30/h3-8,10-11,18-19,21,24,26,29,36H,9,12-17H2,1-2H3/t24-,26+,29+/m1/s1. The number of ketones is 1. The van der Waals surface area contributed by atoms with Gasteiger partial charge in [0.2, 0.25) is 5.91 Å². The number of fused-ring (bicyclic) bond motifs is 1. The molecule has 1 saturated carbocycles. The first-order chi connectivity index (χ1) is 19.3. The van der Waals surface area contributed by atoms with Crippen molar-refractivity contribution >= 4 is 28.9 Å². The number of likely N-dealkylation sites (tertiary alicyclic amines) is 1. The summed E-state index contributed by atoms with van der Waals surface area (Å²) in [5, 5.41) is 10.5. The van der Waals surface area contributed by atoms with Crippen molar-refractivity contribution in [1.29, 1.82) is 0 Å². The minimum atomic E-state index is -0.753. The molecule has 1 aromatic heterocycles. The third kappa shape index (κ3) is 5.10. The fourth-order valence-electron chi connectivity index (χ4n) is 6.19. The summed E-state index contributed by atoms with van der Waals surface area (Å²) in [7, 11) is 0. The van der Waals surface area contributed by atoms with Gasteiger partial charge in [-0.3, -0.25) is 14.4 Å². The predicted molar refractivity (Wildman–Crippen MR) is 154 cm³/mol. The Morgan fingerprint density at radius 1 is 1.10 bits per heavy atom. The molecule has 3 aromatic rings. The molecule has 1 aliphatic carbocycles. The zero-order chi connectivity index (χ0) is 28.0. The van der Waals surface area contributed by atoms with Gasteiger partial charge in [0.05, 0.1) is 28.2 Å². The molecule has 3 aliphatic rings. The first kappa shape index (κ1) is 26.8. The number of hydrogen-bond donors (Lipinski definition) is 1. The van der Waals surface area contributed by atoms with Crippen LogP contribution in [-0.4, -0.2) is 62.2 Å². The molecule has 3 atom stereocenters. The molecule has 2 aliphatic heterocycles. The van der Waals surface area contributed by atoms with Crippen molar-refractivity contribution < 1.29 is 19.5 Å². The Bertz CT molecular complexity index is 1430. The average Bonchev–Trinajstić information content (AvgIpc) is 3.39. The quantitative estimate of drug-likeness (QED) is 0.407. The molecule has 0 bridgehead atoms. The van der Waals surface area contributed by atoms with Gasteiger partial charge in [0.1, 0.15) is 6.04 Å². The largest absolute Gasteiger partial charge is 0.391 e. The highest BCUT2D eigenvalue weighted by Crippen LogP contribution is 2.45. The Hall–Kier alpha value is -3.36. The lowest BCUT2D eigenvalue weighted by atomic mass is 9.98. The lowest BCUT2D eigenvalue weighted by molar-refractivity contribution is -0.142. The van der Waals surface area contributed by atoms with E-state index in [1.54, 1.807) is 22.3 Å². The van der Waals surface area contributed by atoms with Crippen LogP contribution in [0.5, 0.6) is 0 Å². The summed E-state index contributed by atoms with van der Waals surface area (Å²) in [6.07, 6.45) is 2.77. The first-order valence-corrected chi connectivity index (χ1v) is 15.1. The molecular weight excluding hydrogens is 522 g/mol. The zero-order valence-corrected chi connectivity index (χ0v) is 23.8. The monoisotopic (exact) mass is 557 g/mol. The number of amides is 2. The van der Waals surface area contributed by atoms with Gasteiger partial charge in [0, 0.05) is 37.4 Å². The number of nitrogens with zero attached hydrogens (tertiary/aromatic N) is 3. The number of aryl methyl sites for hydroxylation is 1. The van der Waals surface area contributed by atoms with Crippen molar-refractivity contribution in [2.75, 3.05) is 6.54 Å². The Morgan fingerprint density at radius 2 is 1.85 bits per heavy atom. The van der Waals surface area contributed by atoms with Gasteiger partial charge in [-0.25, -0.2) is 4.98 Å². The number of hydrogen-bond acceptors (Lipinski definition) is 6. The van der Waals surface area contributed by atoms with Gasteiger partial charge in [-0.15, -0.1) is 11.3 Å². The summed E-state index contributed by atoms with van der Waals surface area (Å²) in [5.74, 6) is -0.00866. The fourth-order valence-corrected chi connectivity index (χ4v) is 7.07. The van der Waals surface area contributed by atoms with E-state index in [-0.39, 0.29) is 42.9 Å². The van der Waals surface area contributed by atoms with E-state index in [9.17, 15) is 19.5 Å². The van der Waals surface area contributed by atoms with E-state index < -0.39 is 18.2 Å². The number of aromatic nitrogens is 1. The number of carbonyl (C=O) groups is 3. The predicted octanol–water partition coefficient (Wildman–Crippen LogP) is 4.83. The van der Waals surface area contributed by atoms with Crippen LogP contribution in [0.4, 0.5) is 0 Å². The second kappa shape index (κ2) is 10.9. The third-order valence-corrected chi connectivity index (χ3v) is 9.33. The van der Waals surface area contributed by atoms with E-state index >= 15 is 0 Å². The summed E-state index contributed by atoms with van der Waals surface area (Å²) in [6.45, 7) is 4.33. The summed E-state index contributed by atoms with van der Waals surface area (Å²) in [5.41, 5.74) is 6.88. The van der Waals surface area contributed by atoms with Crippen LogP contribution in [-0.2, 0) is 22.6 Å². The van der Waals surface area contributed by atoms with Crippen LogP contribution < -0.4 is 0 Å². The van der Waals surface area contributed by atoms with Gasteiger partial charge >= 0.3 is 0 Å². The highest BCUT2D eigenvalue weighted by Gasteiger charge is 2.45. The molecule has 6 rings (SSSR count). The van der Waals surface area contributed by atoms with Gasteiger partial charge in [0.15, 0.2) is 5.78 Å². The van der Waals surface area contributed by atoms with Crippen LogP contribution in [0.2, 0.25) is 0 Å². The van der Waals surface area contributed by atoms with E-state index in [1.807, 2.05) is 37.6 Å². The molecule has 1 saturated heterocycles. The van der Waals surface area contributed by atoms with Gasteiger partial charge in [-0.1, -0.05) is 56.3 Å². The molecule has 3 heterocycles. The summed E-state index contributed by atoms with van der Waals surface area (Å²) in [6, 6.07) is 14.4. The molecule has 0 spiro atoms. The molecule has 2 fully saturated rings. The summed E-state index contributed by atoms with van der Waals surface area (Å²) < 4.78 is 0. The van der Waals surface area contributed by atoms with E-state index in [4.69, 9.17) is 0 Å². The highest BCUT2D eigenvalue weighted by atomic mass is 32.1. The maximum absolute atomic E-state index is 13.9. The SMILES string of the molecule is CC(C)[C@@H](C(=O)N1C[C@H](O)C[C@H]1C(=O)CCc1ccc(-c2scnc2C2CC2)cc1)N1Cc2ccccc2C1=O. The Kier molecular flexibility index (Phi) is 7.31. The lowest BCUT2D eigenvalue weighted by Gasteiger charge is -2.35. The smallest absolute Gasteiger partial charge is 0.255 e. The molecule has 208 valence electrons. The third-order valence-electron chi connectivity index (χ3n) is 8.44. The summed E-state index contributed by atoms with van der Waals surface area (Å²) in [4.78, 5) is 49.5. The van der Waals surface area contributed by atoms with Crippen LogP contribution in [0.15, 0.2) is 54.0 Å². The summed E-state index contributed by atoms with van der Waals surface area (Å²) >= 11 is 1.67. The van der Waals surface area contributed by atoms with Crippen LogP contribution in [0.25, 0.3) is 10.4 Å². The molecule has 2 amide bonds. The number of Topliss-reactive ketones (excluding diaryl/α,β-unsaturated/α-hetero) is 1. The molecule has 40 heavy (non-hydrogen) atoms. The van der Waals surface area contributed by atoms with Crippen molar-refractivity contribution in [3.8, 4) is 10.4 Å². The number of carbonyl (C=O) groups excluding carboxylic acids is 3. The van der Waals surface area contributed by atoms with Gasteiger partial charge < -0.3 is 14.9 Å². The van der Waals surface area contributed by atoms with E-state index in [0.717, 1.165) is 16.7 Å². The van der Waals surface area contributed by atoms with E-state index in [1.165, 1.54) is 28.3 Å². The number of rotatable bonds is 9. The average molecular weight is 558 g/mol. The number of thiazole rings is 1. The maximum atomic E-state index is 13.9. The van der Waals surface area contributed by atoms with Crippen molar-refractivity contribution in [2.45, 2.75) is 76.6 Å². The topological polar surface area (TPSA) is 90.8 Å². The maximum Gasteiger partial charge on any atom is 0.255 e. The number of aliphatic hydroxyl groups excluding tert-OH is 1. The van der Waals surface area contributed by atoms with E-state index in [2.05, 4.69) is 29.2 Å².